The van der Waals surface area contributed by atoms with Gasteiger partial charge in [-0.1, -0.05) is 29.3 Å². The molecule has 0 saturated heterocycles. The third-order valence-corrected chi connectivity index (χ3v) is 4.15. The molecule has 0 unspecified atom stereocenters. The van der Waals surface area contributed by atoms with E-state index < -0.39 is 28.5 Å². The maximum atomic E-state index is 12.5. The van der Waals surface area contributed by atoms with Crippen molar-refractivity contribution in [1.82, 2.24) is 5.32 Å². The fourth-order valence-corrected chi connectivity index (χ4v) is 2.87. The standard InChI is InChI=1S/C17H14Cl2N2O5/c1-9(14-4-3-12(18)8-15(14)19)20-16(22)10-5-11(17(23)26-2)7-13(6-10)21(24)25/h3-9H,1-2H3,(H,20,22)/t9-/m1/s1. The minimum Gasteiger partial charge on any atom is -0.465 e. The van der Waals surface area contributed by atoms with Crippen molar-refractivity contribution >= 4 is 40.8 Å². The van der Waals surface area contributed by atoms with Crippen LogP contribution < -0.4 is 5.32 Å². The number of non-ortho nitro benzene ring substituents is 1. The number of carbonyl (C=O) groups is 2. The molecule has 0 spiro atoms. The fourth-order valence-electron chi connectivity index (χ4n) is 2.29. The van der Waals surface area contributed by atoms with E-state index in [9.17, 15) is 19.7 Å². The van der Waals surface area contributed by atoms with Crippen LogP contribution in [0.2, 0.25) is 10.0 Å². The highest BCUT2D eigenvalue weighted by Crippen LogP contribution is 2.26. The van der Waals surface area contributed by atoms with E-state index in [2.05, 4.69) is 10.1 Å². The van der Waals surface area contributed by atoms with E-state index in [-0.39, 0.29) is 11.1 Å². The summed E-state index contributed by atoms with van der Waals surface area (Å²) in [4.78, 5) is 34.5. The molecule has 0 aliphatic carbocycles. The Bertz CT molecular complexity index is 885. The van der Waals surface area contributed by atoms with Crippen LogP contribution in [0.3, 0.4) is 0 Å². The number of hydrogen-bond acceptors (Lipinski definition) is 5. The van der Waals surface area contributed by atoms with Crippen molar-refractivity contribution < 1.29 is 19.2 Å². The maximum Gasteiger partial charge on any atom is 0.338 e. The molecule has 7 nitrogen and oxygen atoms in total. The summed E-state index contributed by atoms with van der Waals surface area (Å²) in [5.74, 6) is -1.38. The molecule has 1 amide bonds. The van der Waals surface area contributed by atoms with Crippen molar-refractivity contribution in [2.24, 2.45) is 0 Å². The molecule has 1 atom stereocenters. The third kappa shape index (κ3) is 4.50. The van der Waals surface area contributed by atoms with Crippen molar-refractivity contribution in [2.75, 3.05) is 7.11 Å². The van der Waals surface area contributed by atoms with E-state index >= 15 is 0 Å². The van der Waals surface area contributed by atoms with Crippen LogP contribution in [0.1, 0.15) is 39.2 Å². The summed E-state index contributed by atoms with van der Waals surface area (Å²) < 4.78 is 4.56. The molecule has 0 radical (unpaired) electrons. The SMILES string of the molecule is COC(=O)c1cc(C(=O)N[C@H](C)c2ccc(Cl)cc2Cl)cc([N+](=O)[O-])c1. The van der Waals surface area contributed by atoms with Gasteiger partial charge in [0.25, 0.3) is 11.6 Å². The first-order chi connectivity index (χ1) is 12.2. The molecule has 0 saturated carbocycles. The third-order valence-electron chi connectivity index (χ3n) is 3.59. The van der Waals surface area contributed by atoms with E-state index in [4.69, 9.17) is 23.2 Å². The second-order valence-electron chi connectivity index (χ2n) is 5.38. The van der Waals surface area contributed by atoms with Crippen LogP contribution >= 0.6 is 23.2 Å². The Hall–Kier alpha value is -2.64. The molecular weight excluding hydrogens is 383 g/mol. The summed E-state index contributed by atoms with van der Waals surface area (Å²) >= 11 is 12.0. The Morgan fingerprint density at radius 1 is 1.15 bits per heavy atom. The van der Waals surface area contributed by atoms with Gasteiger partial charge in [0.15, 0.2) is 0 Å². The van der Waals surface area contributed by atoms with Crippen LogP contribution in [-0.4, -0.2) is 23.9 Å². The summed E-state index contributed by atoms with van der Waals surface area (Å²) in [5, 5.41) is 14.6. The van der Waals surface area contributed by atoms with Crippen LogP contribution in [0.25, 0.3) is 0 Å². The molecular formula is C17H14Cl2N2O5. The molecule has 2 aromatic rings. The first kappa shape index (κ1) is 19.7. The number of ether oxygens (including phenoxy) is 1. The van der Waals surface area contributed by atoms with E-state index in [1.54, 1.807) is 25.1 Å². The minimum atomic E-state index is -0.781. The first-order valence-corrected chi connectivity index (χ1v) is 8.12. The van der Waals surface area contributed by atoms with Crippen LogP contribution in [0.5, 0.6) is 0 Å². The van der Waals surface area contributed by atoms with Crippen LogP contribution in [-0.2, 0) is 4.74 Å². The molecule has 0 fully saturated rings. The van der Waals surface area contributed by atoms with Gasteiger partial charge in [0.2, 0.25) is 0 Å². The van der Waals surface area contributed by atoms with Gasteiger partial charge in [0.1, 0.15) is 0 Å². The molecule has 0 aliphatic heterocycles. The molecule has 136 valence electrons. The number of methoxy groups -OCH3 is 1. The Labute approximate surface area is 159 Å². The molecule has 0 aromatic heterocycles. The average Bonchev–Trinajstić information content (AvgIpc) is 2.60. The molecule has 0 aliphatic rings. The number of nitrogens with one attached hydrogen (secondary N) is 1. The zero-order chi connectivity index (χ0) is 19.4. The van der Waals surface area contributed by atoms with Crippen LogP contribution in [0.4, 0.5) is 5.69 Å². The Morgan fingerprint density at radius 2 is 1.81 bits per heavy atom. The Morgan fingerprint density at radius 3 is 2.38 bits per heavy atom. The number of nitrogens with zero attached hydrogens (tertiary/aromatic N) is 1. The number of amides is 1. The highest BCUT2D eigenvalue weighted by Gasteiger charge is 2.20. The Balaban J connectivity index is 2.32. The number of nitro groups is 1. The number of nitro benzene ring substituents is 1. The summed E-state index contributed by atoms with van der Waals surface area (Å²) in [7, 11) is 1.14. The van der Waals surface area contributed by atoms with Gasteiger partial charge in [0, 0.05) is 27.7 Å². The lowest BCUT2D eigenvalue weighted by molar-refractivity contribution is -0.384. The zero-order valence-electron chi connectivity index (χ0n) is 13.8. The smallest absolute Gasteiger partial charge is 0.338 e. The van der Waals surface area contributed by atoms with E-state index in [1.165, 1.54) is 6.07 Å². The summed E-state index contributed by atoms with van der Waals surface area (Å²) in [6.07, 6.45) is 0. The second kappa shape index (κ2) is 8.16. The summed E-state index contributed by atoms with van der Waals surface area (Å²) in [6.45, 7) is 1.70. The predicted octanol–water partition coefficient (Wildman–Crippen LogP) is 4.18. The van der Waals surface area contributed by atoms with Gasteiger partial charge >= 0.3 is 5.97 Å². The van der Waals surface area contributed by atoms with Gasteiger partial charge in [-0.25, -0.2) is 4.79 Å². The summed E-state index contributed by atoms with van der Waals surface area (Å²) in [5.41, 5.74) is 0.0961. The molecule has 0 bridgehead atoms. The number of carbonyl (C=O) groups excluding carboxylic acids is 2. The topological polar surface area (TPSA) is 98.5 Å². The number of benzene rings is 2. The number of esters is 1. The van der Waals surface area contributed by atoms with Crippen molar-refractivity contribution in [2.45, 2.75) is 13.0 Å². The van der Waals surface area contributed by atoms with Crippen LogP contribution in [0.15, 0.2) is 36.4 Å². The van der Waals surface area contributed by atoms with E-state index in [0.29, 0.717) is 15.6 Å². The monoisotopic (exact) mass is 396 g/mol. The molecule has 9 heteroatoms. The fraction of sp³-hybridized carbons (Fsp3) is 0.176. The molecule has 0 heterocycles. The lowest BCUT2D eigenvalue weighted by Crippen LogP contribution is -2.27. The normalized spacial score (nSPS) is 11.5. The van der Waals surface area contributed by atoms with Gasteiger partial charge < -0.3 is 10.1 Å². The minimum absolute atomic E-state index is 0.0449. The average molecular weight is 397 g/mol. The van der Waals surface area contributed by atoms with Gasteiger partial charge in [-0.3, -0.25) is 14.9 Å². The van der Waals surface area contributed by atoms with E-state index in [1.807, 2.05) is 0 Å². The lowest BCUT2D eigenvalue weighted by atomic mass is 10.1. The van der Waals surface area contributed by atoms with Crippen LogP contribution in [0, 0.1) is 10.1 Å². The van der Waals surface area contributed by atoms with Gasteiger partial charge in [-0.05, 0) is 30.7 Å². The lowest BCUT2D eigenvalue weighted by Gasteiger charge is -2.16. The molecule has 2 rings (SSSR count). The predicted molar refractivity (Wildman–Crippen MR) is 96.8 cm³/mol. The summed E-state index contributed by atoms with van der Waals surface area (Å²) in [6, 6.07) is 7.71. The highest BCUT2D eigenvalue weighted by atomic mass is 35.5. The number of hydrogen-bond donors (Lipinski definition) is 1. The van der Waals surface area contributed by atoms with Gasteiger partial charge in [-0.15, -0.1) is 0 Å². The highest BCUT2D eigenvalue weighted by molar-refractivity contribution is 6.35. The Kier molecular flexibility index (Phi) is 6.18. The molecule has 2 aromatic carbocycles. The second-order valence-corrected chi connectivity index (χ2v) is 6.22. The largest absolute Gasteiger partial charge is 0.465 e. The van der Waals surface area contributed by atoms with Crippen molar-refractivity contribution in [3.05, 3.63) is 73.2 Å². The number of halogens is 2. The quantitative estimate of drug-likeness (QED) is 0.464. The van der Waals surface area contributed by atoms with Crippen molar-refractivity contribution in [1.29, 1.82) is 0 Å². The number of rotatable bonds is 5. The van der Waals surface area contributed by atoms with Crippen molar-refractivity contribution in [3.63, 3.8) is 0 Å². The zero-order valence-corrected chi connectivity index (χ0v) is 15.3. The molecule has 1 N–H and O–H groups in total. The van der Waals surface area contributed by atoms with Gasteiger partial charge in [-0.2, -0.15) is 0 Å². The molecule has 26 heavy (non-hydrogen) atoms. The van der Waals surface area contributed by atoms with Gasteiger partial charge in [0.05, 0.1) is 23.6 Å². The maximum absolute atomic E-state index is 12.5. The first-order valence-electron chi connectivity index (χ1n) is 7.36. The van der Waals surface area contributed by atoms with E-state index in [0.717, 1.165) is 19.2 Å². The van der Waals surface area contributed by atoms with Crippen molar-refractivity contribution in [3.8, 4) is 0 Å².